The molecule has 0 fully saturated rings. The first kappa shape index (κ1) is 18.4. The van der Waals surface area contributed by atoms with Gasteiger partial charge in [0.05, 0.1) is 6.42 Å². The predicted octanol–water partition coefficient (Wildman–Crippen LogP) is 3.86. The second-order valence-electron chi connectivity index (χ2n) is 7.16. The molecule has 0 aromatic heterocycles. The van der Waals surface area contributed by atoms with E-state index in [-0.39, 0.29) is 18.0 Å². The molecule has 2 aliphatic heterocycles. The molecule has 2 rings (SSSR count). The standard InChI is InChI=1S/C20H26O4/c1-13(2)15-8-7-14(3)17(21)12-18(22)20(4)11-5-6-16(10-9-15)19(23)24-20/h6-8,13H,5,9-12H2,1-4H3/b14-7+,15-8+/t20-/m0/s1. The van der Waals surface area contributed by atoms with Crippen LogP contribution in [0.5, 0.6) is 0 Å². The molecule has 0 aliphatic carbocycles. The van der Waals surface area contributed by atoms with E-state index in [4.69, 9.17) is 4.74 Å². The minimum atomic E-state index is -1.21. The molecule has 1 atom stereocenters. The average Bonchev–Trinajstić information content (AvgIpc) is 2.64. The molecule has 0 amide bonds. The van der Waals surface area contributed by atoms with Crippen LogP contribution < -0.4 is 0 Å². The van der Waals surface area contributed by atoms with Gasteiger partial charge in [-0.2, -0.15) is 0 Å². The van der Waals surface area contributed by atoms with Gasteiger partial charge in [-0.05, 0) is 51.0 Å². The number of ether oxygens (including phenoxy) is 1. The molecule has 0 unspecified atom stereocenters. The molecule has 0 aromatic rings. The lowest BCUT2D eigenvalue weighted by Gasteiger charge is -2.26. The highest BCUT2D eigenvalue weighted by molar-refractivity contribution is 6.10. The summed E-state index contributed by atoms with van der Waals surface area (Å²) < 4.78 is 5.52. The third-order valence-electron chi connectivity index (χ3n) is 4.92. The molecule has 0 radical (unpaired) electrons. The molecule has 0 N–H and O–H groups in total. The van der Waals surface area contributed by atoms with E-state index < -0.39 is 11.6 Å². The zero-order chi connectivity index (χ0) is 17.9. The maximum absolute atomic E-state index is 12.6. The summed E-state index contributed by atoms with van der Waals surface area (Å²) in [4.78, 5) is 37.3. The van der Waals surface area contributed by atoms with Crippen molar-refractivity contribution in [3.05, 3.63) is 34.9 Å². The van der Waals surface area contributed by atoms with Crippen LogP contribution >= 0.6 is 0 Å². The molecule has 4 nitrogen and oxygen atoms in total. The van der Waals surface area contributed by atoms with Crippen LogP contribution in [0.25, 0.3) is 0 Å². The summed E-state index contributed by atoms with van der Waals surface area (Å²) in [6.45, 7) is 7.53. The fourth-order valence-electron chi connectivity index (χ4n) is 2.97. The van der Waals surface area contributed by atoms with Gasteiger partial charge in [-0.1, -0.05) is 37.6 Å². The van der Waals surface area contributed by atoms with Crippen LogP contribution in [0.1, 0.15) is 59.8 Å². The first-order chi connectivity index (χ1) is 11.2. The van der Waals surface area contributed by atoms with E-state index in [9.17, 15) is 14.4 Å². The first-order valence-corrected chi connectivity index (χ1v) is 8.59. The normalized spacial score (nSPS) is 30.9. The third-order valence-corrected chi connectivity index (χ3v) is 4.92. The van der Waals surface area contributed by atoms with Crippen LogP contribution in [0.3, 0.4) is 0 Å². The van der Waals surface area contributed by atoms with E-state index in [2.05, 4.69) is 13.8 Å². The van der Waals surface area contributed by atoms with Gasteiger partial charge in [0.25, 0.3) is 0 Å². The predicted molar refractivity (Wildman–Crippen MR) is 92.4 cm³/mol. The summed E-state index contributed by atoms with van der Waals surface area (Å²) in [6.07, 6.45) is 7.75. The number of allylic oxidation sites excluding steroid dienone is 5. The summed E-state index contributed by atoms with van der Waals surface area (Å²) >= 11 is 0. The van der Waals surface area contributed by atoms with Crippen molar-refractivity contribution < 1.29 is 19.1 Å². The van der Waals surface area contributed by atoms with Crippen LogP contribution in [-0.4, -0.2) is 23.1 Å². The average molecular weight is 330 g/mol. The van der Waals surface area contributed by atoms with Crippen molar-refractivity contribution >= 4 is 17.5 Å². The fraction of sp³-hybridized carbons (Fsp3) is 0.550. The molecule has 0 aromatic carbocycles. The minimum absolute atomic E-state index is 0.215. The summed E-state index contributed by atoms with van der Waals surface area (Å²) in [5, 5.41) is 0. The van der Waals surface area contributed by atoms with Crippen molar-refractivity contribution in [3.8, 4) is 0 Å². The molecule has 130 valence electrons. The molecule has 2 bridgehead atoms. The topological polar surface area (TPSA) is 60.4 Å². The van der Waals surface area contributed by atoms with Gasteiger partial charge in [-0.15, -0.1) is 0 Å². The van der Waals surface area contributed by atoms with Gasteiger partial charge < -0.3 is 4.74 Å². The van der Waals surface area contributed by atoms with Gasteiger partial charge >= 0.3 is 5.97 Å². The maximum atomic E-state index is 12.6. The van der Waals surface area contributed by atoms with E-state index in [0.29, 0.717) is 36.3 Å². The first-order valence-electron chi connectivity index (χ1n) is 8.59. The van der Waals surface area contributed by atoms with Gasteiger partial charge in [0, 0.05) is 5.57 Å². The van der Waals surface area contributed by atoms with E-state index >= 15 is 0 Å². The Hall–Kier alpha value is -1.97. The van der Waals surface area contributed by atoms with Crippen LogP contribution in [0.2, 0.25) is 0 Å². The Morgan fingerprint density at radius 1 is 1.12 bits per heavy atom. The highest BCUT2D eigenvalue weighted by atomic mass is 16.6. The lowest BCUT2D eigenvalue weighted by Crippen LogP contribution is -2.41. The molecular formula is C20H26O4. The second-order valence-corrected chi connectivity index (χ2v) is 7.16. The lowest BCUT2D eigenvalue weighted by molar-refractivity contribution is -0.162. The van der Waals surface area contributed by atoms with Gasteiger partial charge in [-0.25, -0.2) is 4.79 Å². The summed E-state index contributed by atoms with van der Waals surface area (Å²) in [5.41, 5.74) is 1.15. The Balaban J connectivity index is 2.42. The quantitative estimate of drug-likeness (QED) is 0.541. The SMILES string of the molecule is C/C1=C\C=C(\C(C)C)CCC2=CCC[C@](C)(OC2=O)C(=O)CC1=O. The number of carbonyl (C=O) groups is 3. The molecule has 4 heteroatoms. The van der Waals surface area contributed by atoms with Crippen molar-refractivity contribution in [1.29, 1.82) is 0 Å². The van der Waals surface area contributed by atoms with Gasteiger partial charge in [0.2, 0.25) is 0 Å². The molecule has 0 saturated carbocycles. The third kappa shape index (κ3) is 4.11. The van der Waals surface area contributed by atoms with E-state index in [0.717, 1.165) is 6.42 Å². The number of carbonyl (C=O) groups excluding carboxylic acids is 3. The van der Waals surface area contributed by atoms with E-state index in [1.165, 1.54) is 5.57 Å². The van der Waals surface area contributed by atoms with Gasteiger partial charge in [0.15, 0.2) is 17.2 Å². The van der Waals surface area contributed by atoms with Crippen LogP contribution in [0.15, 0.2) is 34.9 Å². The van der Waals surface area contributed by atoms with Gasteiger partial charge in [0.1, 0.15) is 0 Å². The summed E-state index contributed by atoms with van der Waals surface area (Å²) in [7, 11) is 0. The number of ketones is 2. The summed E-state index contributed by atoms with van der Waals surface area (Å²) in [5.74, 6) is -0.643. The zero-order valence-electron chi connectivity index (χ0n) is 15.0. The van der Waals surface area contributed by atoms with E-state index in [1.54, 1.807) is 19.9 Å². The molecule has 24 heavy (non-hydrogen) atoms. The Bertz CT molecular complexity index is 649. The molecular weight excluding hydrogens is 304 g/mol. The highest BCUT2D eigenvalue weighted by Gasteiger charge is 2.39. The van der Waals surface area contributed by atoms with Crippen molar-refractivity contribution in [2.24, 2.45) is 5.92 Å². The highest BCUT2D eigenvalue weighted by Crippen LogP contribution is 2.30. The number of rotatable bonds is 1. The number of fused-ring (bicyclic) bond motifs is 3. The Morgan fingerprint density at radius 2 is 1.83 bits per heavy atom. The summed E-state index contributed by atoms with van der Waals surface area (Å²) in [6, 6.07) is 0. The number of Topliss-reactive ketones (excluding diaryl/α,β-unsaturated/α-hetero) is 2. The zero-order valence-corrected chi connectivity index (χ0v) is 15.0. The Kier molecular flexibility index (Phi) is 5.58. The fourth-order valence-corrected chi connectivity index (χ4v) is 2.97. The number of hydrogen-bond donors (Lipinski definition) is 0. The van der Waals surface area contributed by atoms with Gasteiger partial charge in [-0.3, -0.25) is 9.59 Å². The molecule has 2 aliphatic rings. The molecule has 0 saturated heterocycles. The van der Waals surface area contributed by atoms with Crippen molar-refractivity contribution in [1.82, 2.24) is 0 Å². The van der Waals surface area contributed by atoms with Crippen molar-refractivity contribution in [2.75, 3.05) is 0 Å². The van der Waals surface area contributed by atoms with E-state index in [1.807, 2.05) is 12.2 Å². The smallest absolute Gasteiger partial charge is 0.334 e. The Morgan fingerprint density at radius 3 is 2.50 bits per heavy atom. The van der Waals surface area contributed by atoms with Crippen LogP contribution in [0.4, 0.5) is 0 Å². The monoisotopic (exact) mass is 330 g/mol. The molecule has 2 heterocycles. The second kappa shape index (κ2) is 7.29. The minimum Gasteiger partial charge on any atom is -0.448 e. The largest absolute Gasteiger partial charge is 0.448 e. The van der Waals surface area contributed by atoms with Crippen LogP contribution in [-0.2, 0) is 19.1 Å². The number of esters is 1. The number of hydrogen-bond acceptors (Lipinski definition) is 4. The van der Waals surface area contributed by atoms with Crippen LogP contribution in [0, 0.1) is 5.92 Å². The van der Waals surface area contributed by atoms with Crippen molar-refractivity contribution in [3.63, 3.8) is 0 Å². The Labute approximate surface area is 143 Å². The molecule has 0 spiro atoms. The maximum Gasteiger partial charge on any atom is 0.334 e. The lowest BCUT2D eigenvalue weighted by atomic mass is 9.90. The van der Waals surface area contributed by atoms with Crippen molar-refractivity contribution in [2.45, 2.75) is 65.4 Å².